The first-order valence-corrected chi connectivity index (χ1v) is 12.7. The first kappa shape index (κ1) is 28.1. The summed E-state index contributed by atoms with van der Waals surface area (Å²) in [4.78, 5) is 30.8. The van der Waals surface area contributed by atoms with Crippen molar-refractivity contribution < 1.29 is 29.3 Å². The molecule has 0 radical (unpaired) electrons. The summed E-state index contributed by atoms with van der Waals surface area (Å²) in [5, 5.41) is 27.5. The Balaban J connectivity index is 1.67. The molecule has 2 atom stereocenters. The van der Waals surface area contributed by atoms with Gasteiger partial charge in [0, 0.05) is 30.3 Å². The lowest BCUT2D eigenvalue weighted by Gasteiger charge is -2.27. The van der Waals surface area contributed by atoms with Gasteiger partial charge in [-0.05, 0) is 64.8 Å². The van der Waals surface area contributed by atoms with Crippen LogP contribution in [0.15, 0.2) is 30.6 Å². The molecule has 12 nitrogen and oxygen atoms in total. The van der Waals surface area contributed by atoms with Crippen molar-refractivity contribution in [3.8, 4) is 16.9 Å². The minimum absolute atomic E-state index is 0.0893. The first-order chi connectivity index (χ1) is 18.2. The van der Waals surface area contributed by atoms with Crippen molar-refractivity contribution >= 4 is 29.0 Å². The Morgan fingerprint density at radius 2 is 1.92 bits per heavy atom. The minimum Gasteiger partial charge on any atom is -0.495 e. The zero-order valence-corrected chi connectivity index (χ0v) is 23.1. The Labute approximate surface area is 226 Å². The van der Waals surface area contributed by atoms with Crippen LogP contribution in [0.4, 0.5) is 16.3 Å². The van der Waals surface area contributed by atoms with Crippen LogP contribution in [0.5, 0.6) is 5.75 Å². The van der Waals surface area contributed by atoms with Gasteiger partial charge in [-0.15, -0.1) is 0 Å². The van der Waals surface area contributed by atoms with Crippen LogP contribution in [0, 0.1) is 0 Å². The first-order valence-electron chi connectivity index (χ1n) is 12.7. The third-order valence-corrected chi connectivity index (χ3v) is 6.58. The van der Waals surface area contributed by atoms with Crippen LogP contribution in [-0.4, -0.2) is 79.2 Å². The molecule has 0 spiro atoms. The van der Waals surface area contributed by atoms with Crippen LogP contribution in [0.25, 0.3) is 16.6 Å². The van der Waals surface area contributed by atoms with Crippen molar-refractivity contribution in [2.45, 2.75) is 64.3 Å². The molecular weight excluding hydrogens is 504 g/mol. The van der Waals surface area contributed by atoms with Crippen molar-refractivity contribution in [2.24, 2.45) is 0 Å². The summed E-state index contributed by atoms with van der Waals surface area (Å²) in [6.45, 7) is 8.93. The summed E-state index contributed by atoms with van der Waals surface area (Å²) in [6.07, 6.45) is -0.103. The van der Waals surface area contributed by atoms with E-state index >= 15 is 0 Å². The van der Waals surface area contributed by atoms with Crippen LogP contribution in [-0.2, 0) is 9.53 Å². The molecule has 1 aliphatic rings. The summed E-state index contributed by atoms with van der Waals surface area (Å²) in [5.74, 6) is 0.101. The van der Waals surface area contributed by atoms with Crippen LogP contribution >= 0.6 is 0 Å². The zero-order valence-electron chi connectivity index (χ0n) is 23.1. The van der Waals surface area contributed by atoms with Gasteiger partial charge in [-0.3, -0.25) is 10.1 Å². The van der Waals surface area contributed by atoms with Gasteiger partial charge >= 0.3 is 6.09 Å². The number of ether oxygens (including phenoxy) is 2. The molecule has 1 aliphatic heterocycles. The molecule has 3 heterocycles. The maximum absolute atomic E-state index is 12.8. The van der Waals surface area contributed by atoms with Gasteiger partial charge in [-0.1, -0.05) is 6.07 Å². The summed E-state index contributed by atoms with van der Waals surface area (Å²) in [5.41, 5.74) is 7.49. The number of fused-ring (bicyclic) bond motifs is 1. The number of aromatic nitrogens is 3. The second-order valence-corrected chi connectivity index (χ2v) is 11.3. The molecule has 2 aromatic heterocycles. The highest BCUT2D eigenvalue weighted by atomic mass is 16.6. The number of aliphatic hydroxyl groups is 2. The lowest BCUT2D eigenvalue weighted by atomic mass is 10.0. The van der Waals surface area contributed by atoms with Crippen molar-refractivity contribution in [2.75, 3.05) is 31.2 Å². The SMILES string of the molecule is COc1cc(-c2cc([C@H]3CCN(C(=O)C(O)C(C)(C)O)C3)n3ncnc(N)c23)ccc1NC(=O)OC(C)(C)C. The Morgan fingerprint density at radius 3 is 2.56 bits per heavy atom. The molecule has 12 heteroatoms. The fourth-order valence-electron chi connectivity index (χ4n) is 4.66. The van der Waals surface area contributed by atoms with Gasteiger partial charge in [0.25, 0.3) is 5.91 Å². The molecule has 1 fully saturated rings. The molecule has 0 aliphatic carbocycles. The van der Waals surface area contributed by atoms with E-state index < -0.39 is 29.3 Å². The topological polar surface area (TPSA) is 165 Å². The Hall–Kier alpha value is -3.90. The number of carbonyl (C=O) groups is 2. The number of nitrogen functional groups attached to an aromatic ring is 1. The van der Waals surface area contributed by atoms with E-state index in [0.717, 1.165) is 16.8 Å². The molecule has 210 valence electrons. The summed E-state index contributed by atoms with van der Waals surface area (Å²) in [7, 11) is 1.51. The number of carbonyl (C=O) groups excluding carboxylic acids is 2. The van der Waals surface area contributed by atoms with Crippen LogP contribution in [0.2, 0.25) is 0 Å². The molecule has 4 rings (SSSR count). The van der Waals surface area contributed by atoms with Crippen LogP contribution < -0.4 is 15.8 Å². The number of amides is 2. The van der Waals surface area contributed by atoms with Gasteiger partial charge in [0.1, 0.15) is 23.2 Å². The zero-order chi connectivity index (χ0) is 28.7. The maximum Gasteiger partial charge on any atom is 0.412 e. The van der Waals surface area contributed by atoms with E-state index in [4.69, 9.17) is 15.2 Å². The fraction of sp³-hybridized carbons (Fsp3) is 0.481. The van der Waals surface area contributed by atoms with Crippen molar-refractivity contribution in [3.05, 3.63) is 36.3 Å². The highest BCUT2D eigenvalue weighted by Gasteiger charge is 2.38. The van der Waals surface area contributed by atoms with E-state index in [9.17, 15) is 19.8 Å². The number of methoxy groups -OCH3 is 1. The lowest BCUT2D eigenvalue weighted by molar-refractivity contribution is -0.151. The van der Waals surface area contributed by atoms with E-state index in [1.807, 2.05) is 12.1 Å². The number of aliphatic hydroxyl groups excluding tert-OH is 1. The number of nitrogens with two attached hydrogens (primary N) is 1. The van der Waals surface area contributed by atoms with Gasteiger partial charge in [-0.2, -0.15) is 5.10 Å². The molecule has 39 heavy (non-hydrogen) atoms. The number of nitrogens with zero attached hydrogens (tertiary/aromatic N) is 4. The molecule has 1 unspecified atom stereocenters. The third-order valence-electron chi connectivity index (χ3n) is 6.58. The number of likely N-dealkylation sites (tertiary alicyclic amines) is 1. The van der Waals surface area contributed by atoms with Crippen molar-refractivity contribution in [1.82, 2.24) is 19.5 Å². The number of hydrogen-bond acceptors (Lipinski definition) is 9. The minimum atomic E-state index is -1.55. The van der Waals surface area contributed by atoms with Gasteiger partial charge in [0.15, 0.2) is 11.9 Å². The van der Waals surface area contributed by atoms with E-state index in [1.54, 1.807) is 42.3 Å². The predicted octanol–water partition coefficient (Wildman–Crippen LogP) is 2.78. The number of rotatable bonds is 6. The van der Waals surface area contributed by atoms with Gasteiger partial charge in [0.2, 0.25) is 0 Å². The molecule has 0 saturated carbocycles. The van der Waals surface area contributed by atoms with Crippen LogP contribution in [0.3, 0.4) is 0 Å². The standard InChI is InChI=1S/C27H36N6O6/c1-26(2,3)39-25(36)31-18-8-7-15(11-20(18)38-6)17-12-19(33-21(17)23(28)29-14-30-33)16-9-10-32(13-16)24(35)22(34)27(4,5)37/h7-8,11-12,14,16,22,34,37H,9-10,13H2,1-6H3,(H,31,36)(H2,28,29,30)/t16-,22?/m0/s1. The number of benzene rings is 1. The maximum atomic E-state index is 12.8. The second kappa shape index (κ2) is 10.3. The Bertz CT molecular complexity index is 1390. The van der Waals surface area contributed by atoms with Gasteiger partial charge in [-0.25, -0.2) is 14.3 Å². The number of nitrogens with one attached hydrogen (secondary N) is 1. The summed E-state index contributed by atoms with van der Waals surface area (Å²) >= 11 is 0. The van der Waals surface area contributed by atoms with Crippen molar-refractivity contribution in [1.29, 1.82) is 0 Å². The fourth-order valence-corrected chi connectivity index (χ4v) is 4.66. The monoisotopic (exact) mass is 540 g/mol. The highest BCUT2D eigenvalue weighted by Crippen LogP contribution is 2.39. The molecule has 1 saturated heterocycles. The average Bonchev–Trinajstić information content (AvgIpc) is 3.47. The van der Waals surface area contributed by atoms with Gasteiger partial charge < -0.3 is 30.3 Å². The molecule has 2 amide bonds. The summed E-state index contributed by atoms with van der Waals surface area (Å²) < 4.78 is 12.6. The van der Waals surface area contributed by atoms with E-state index in [1.165, 1.54) is 27.3 Å². The molecular formula is C27H36N6O6. The number of anilines is 2. The van der Waals surface area contributed by atoms with E-state index in [2.05, 4.69) is 15.4 Å². The number of hydrogen-bond donors (Lipinski definition) is 4. The quantitative estimate of drug-likeness (QED) is 0.368. The second-order valence-electron chi connectivity index (χ2n) is 11.3. The third kappa shape index (κ3) is 5.91. The lowest BCUT2D eigenvalue weighted by Crippen LogP contribution is -2.48. The largest absolute Gasteiger partial charge is 0.495 e. The normalized spacial score (nSPS) is 16.8. The highest BCUT2D eigenvalue weighted by molar-refractivity contribution is 5.92. The molecule has 5 N–H and O–H groups in total. The molecule has 1 aromatic carbocycles. The average molecular weight is 541 g/mol. The Morgan fingerprint density at radius 1 is 1.21 bits per heavy atom. The Kier molecular flexibility index (Phi) is 7.46. The smallest absolute Gasteiger partial charge is 0.412 e. The predicted molar refractivity (Wildman–Crippen MR) is 145 cm³/mol. The van der Waals surface area contributed by atoms with Crippen molar-refractivity contribution in [3.63, 3.8) is 0 Å². The van der Waals surface area contributed by atoms with Gasteiger partial charge in [0.05, 0.1) is 18.4 Å². The molecule has 3 aromatic rings. The van der Waals surface area contributed by atoms with E-state index in [0.29, 0.717) is 36.5 Å². The van der Waals surface area contributed by atoms with Crippen LogP contribution in [0.1, 0.15) is 52.7 Å². The molecule has 0 bridgehead atoms. The summed E-state index contributed by atoms with van der Waals surface area (Å²) in [6, 6.07) is 7.28. The van der Waals surface area contributed by atoms with E-state index in [-0.39, 0.29) is 11.7 Å².